The summed E-state index contributed by atoms with van der Waals surface area (Å²) in [5.74, 6) is 0.754. The minimum Gasteiger partial charge on any atom is -0.393 e. The zero-order valence-electron chi connectivity index (χ0n) is 10.2. The van der Waals surface area contributed by atoms with Gasteiger partial charge in [0.05, 0.1) is 6.10 Å². The highest BCUT2D eigenvalue weighted by molar-refractivity contribution is 7.99. The number of nitrogens with one attached hydrogen (secondary N) is 1. The predicted molar refractivity (Wildman–Crippen MR) is 70.8 cm³/mol. The van der Waals surface area contributed by atoms with Gasteiger partial charge in [-0.1, -0.05) is 26.0 Å². The standard InChI is InChI=1S/C13H21NOS/c1-10(2)14-8-12-4-6-13(7-5-12)16-9-11(3)15/h4-7,10-11,14-15H,8-9H2,1-3H3. The van der Waals surface area contributed by atoms with E-state index < -0.39 is 0 Å². The summed E-state index contributed by atoms with van der Waals surface area (Å²) in [4.78, 5) is 1.22. The van der Waals surface area contributed by atoms with Crippen LogP contribution in [0, 0.1) is 0 Å². The van der Waals surface area contributed by atoms with Gasteiger partial charge in [-0.25, -0.2) is 0 Å². The molecule has 1 aromatic rings. The van der Waals surface area contributed by atoms with Gasteiger partial charge in [0.1, 0.15) is 0 Å². The maximum atomic E-state index is 9.18. The number of hydrogen-bond acceptors (Lipinski definition) is 3. The molecule has 0 aliphatic rings. The number of benzene rings is 1. The Hall–Kier alpha value is -0.510. The minimum atomic E-state index is -0.243. The van der Waals surface area contributed by atoms with Gasteiger partial charge in [0.15, 0.2) is 0 Å². The fourth-order valence-corrected chi connectivity index (χ4v) is 2.00. The molecule has 16 heavy (non-hydrogen) atoms. The van der Waals surface area contributed by atoms with Gasteiger partial charge in [0, 0.05) is 23.2 Å². The van der Waals surface area contributed by atoms with Gasteiger partial charge in [-0.2, -0.15) is 0 Å². The molecule has 0 fully saturated rings. The average molecular weight is 239 g/mol. The Morgan fingerprint density at radius 3 is 2.31 bits per heavy atom. The Kier molecular flexibility index (Phi) is 5.88. The summed E-state index contributed by atoms with van der Waals surface area (Å²) in [5, 5.41) is 12.6. The molecule has 1 rings (SSSR count). The molecular weight excluding hydrogens is 218 g/mol. The SMILES string of the molecule is CC(O)CSc1ccc(CNC(C)C)cc1. The predicted octanol–water partition coefficient (Wildman–Crippen LogP) is 2.66. The van der Waals surface area contributed by atoms with Crippen molar-refractivity contribution in [2.45, 2.75) is 44.4 Å². The summed E-state index contributed by atoms with van der Waals surface area (Å²) in [6, 6.07) is 9.03. The largest absolute Gasteiger partial charge is 0.393 e. The third-order valence-corrected chi connectivity index (χ3v) is 3.38. The molecule has 1 unspecified atom stereocenters. The second-order valence-electron chi connectivity index (χ2n) is 4.34. The maximum Gasteiger partial charge on any atom is 0.0606 e. The van der Waals surface area contributed by atoms with Crippen LogP contribution in [0.1, 0.15) is 26.3 Å². The third-order valence-electron chi connectivity index (χ3n) is 2.13. The van der Waals surface area contributed by atoms with E-state index in [4.69, 9.17) is 0 Å². The molecule has 0 aliphatic heterocycles. The monoisotopic (exact) mass is 239 g/mol. The average Bonchev–Trinajstić information content (AvgIpc) is 2.25. The van der Waals surface area contributed by atoms with Crippen molar-refractivity contribution in [1.82, 2.24) is 5.32 Å². The first-order valence-electron chi connectivity index (χ1n) is 5.71. The van der Waals surface area contributed by atoms with Crippen LogP contribution in [0.2, 0.25) is 0 Å². The van der Waals surface area contributed by atoms with E-state index in [1.165, 1.54) is 10.5 Å². The van der Waals surface area contributed by atoms with Crippen molar-refractivity contribution in [1.29, 1.82) is 0 Å². The van der Waals surface area contributed by atoms with Crippen molar-refractivity contribution in [2.75, 3.05) is 5.75 Å². The summed E-state index contributed by atoms with van der Waals surface area (Å²) in [7, 11) is 0. The normalized spacial score (nSPS) is 13.1. The van der Waals surface area contributed by atoms with Crippen molar-refractivity contribution in [2.24, 2.45) is 0 Å². The lowest BCUT2D eigenvalue weighted by Crippen LogP contribution is -2.21. The molecule has 1 aromatic carbocycles. The van der Waals surface area contributed by atoms with E-state index in [2.05, 4.69) is 43.4 Å². The lowest BCUT2D eigenvalue weighted by atomic mass is 10.2. The molecule has 0 aliphatic carbocycles. The Balaban J connectivity index is 2.41. The van der Waals surface area contributed by atoms with E-state index >= 15 is 0 Å². The molecule has 2 N–H and O–H groups in total. The van der Waals surface area contributed by atoms with Gasteiger partial charge >= 0.3 is 0 Å². The smallest absolute Gasteiger partial charge is 0.0606 e. The number of thioether (sulfide) groups is 1. The lowest BCUT2D eigenvalue weighted by molar-refractivity contribution is 0.220. The van der Waals surface area contributed by atoms with Crippen LogP contribution in [0.3, 0.4) is 0 Å². The van der Waals surface area contributed by atoms with Crippen LogP contribution in [-0.4, -0.2) is 23.0 Å². The first-order chi connectivity index (χ1) is 7.58. The van der Waals surface area contributed by atoms with Crippen molar-refractivity contribution in [3.8, 4) is 0 Å². The fourth-order valence-electron chi connectivity index (χ4n) is 1.24. The summed E-state index contributed by atoms with van der Waals surface area (Å²) in [5.41, 5.74) is 1.30. The molecule has 0 spiro atoms. The van der Waals surface area contributed by atoms with Gasteiger partial charge in [-0.3, -0.25) is 0 Å². The molecule has 90 valence electrons. The summed E-state index contributed by atoms with van der Waals surface area (Å²) >= 11 is 1.69. The maximum absolute atomic E-state index is 9.18. The molecule has 0 bridgehead atoms. The van der Waals surface area contributed by atoms with Gasteiger partial charge in [-0.05, 0) is 24.6 Å². The first kappa shape index (κ1) is 13.6. The summed E-state index contributed by atoms with van der Waals surface area (Å²) in [6.07, 6.45) is -0.243. The molecule has 0 saturated heterocycles. The quantitative estimate of drug-likeness (QED) is 0.749. The molecule has 0 aromatic heterocycles. The Bertz CT molecular complexity index is 264. The Morgan fingerprint density at radius 2 is 1.81 bits per heavy atom. The van der Waals surface area contributed by atoms with Crippen molar-refractivity contribution in [3.63, 3.8) is 0 Å². The Morgan fingerprint density at radius 1 is 1.19 bits per heavy atom. The zero-order valence-corrected chi connectivity index (χ0v) is 11.1. The van der Waals surface area contributed by atoms with Crippen LogP contribution in [0.25, 0.3) is 0 Å². The van der Waals surface area contributed by atoms with Gasteiger partial charge < -0.3 is 10.4 Å². The van der Waals surface area contributed by atoms with Crippen LogP contribution in [0.5, 0.6) is 0 Å². The highest BCUT2D eigenvalue weighted by atomic mass is 32.2. The number of hydrogen-bond donors (Lipinski definition) is 2. The van der Waals surface area contributed by atoms with E-state index in [-0.39, 0.29) is 6.10 Å². The molecular formula is C13H21NOS. The number of rotatable bonds is 6. The lowest BCUT2D eigenvalue weighted by Gasteiger charge is -2.09. The minimum absolute atomic E-state index is 0.243. The van der Waals surface area contributed by atoms with Crippen molar-refractivity contribution in [3.05, 3.63) is 29.8 Å². The summed E-state index contributed by atoms with van der Waals surface area (Å²) < 4.78 is 0. The molecule has 0 amide bonds. The molecule has 0 heterocycles. The topological polar surface area (TPSA) is 32.3 Å². The molecule has 2 nitrogen and oxygen atoms in total. The van der Waals surface area contributed by atoms with E-state index in [0.29, 0.717) is 6.04 Å². The highest BCUT2D eigenvalue weighted by Crippen LogP contribution is 2.19. The van der Waals surface area contributed by atoms with E-state index in [1.54, 1.807) is 11.8 Å². The van der Waals surface area contributed by atoms with Crippen LogP contribution in [0.4, 0.5) is 0 Å². The zero-order chi connectivity index (χ0) is 12.0. The second kappa shape index (κ2) is 6.94. The van der Waals surface area contributed by atoms with Crippen molar-refractivity contribution >= 4 is 11.8 Å². The van der Waals surface area contributed by atoms with E-state index in [0.717, 1.165) is 12.3 Å². The van der Waals surface area contributed by atoms with Crippen LogP contribution in [-0.2, 0) is 6.54 Å². The van der Waals surface area contributed by atoms with Crippen LogP contribution < -0.4 is 5.32 Å². The first-order valence-corrected chi connectivity index (χ1v) is 6.69. The molecule has 0 radical (unpaired) electrons. The third kappa shape index (κ3) is 5.54. The fraction of sp³-hybridized carbons (Fsp3) is 0.538. The van der Waals surface area contributed by atoms with Gasteiger partial charge in [0.2, 0.25) is 0 Å². The Labute approximate surface area is 102 Å². The molecule has 0 saturated carbocycles. The second-order valence-corrected chi connectivity index (χ2v) is 5.43. The van der Waals surface area contributed by atoms with Crippen molar-refractivity contribution < 1.29 is 5.11 Å². The van der Waals surface area contributed by atoms with Crippen LogP contribution in [0.15, 0.2) is 29.2 Å². The van der Waals surface area contributed by atoms with E-state index in [9.17, 15) is 5.11 Å². The highest BCUT2D eigenvalue weighted by Gasteiger charge is 1.99. The van der Waals surface area contributed by atoms with Crippen LogP contribution >= 0.6 is 11.8 Å². The number of aliphatic hydroxyl groups excluding tert-OH is 1. The molecule has 3 heteroatoms. The van der Waals surface area contributed by atoms with Gasteiger partial charge in [0.25, 0.3) is 0 Å². The number of aliphatic hydroxyl groups is 1. The molecule has 1 atom stereocenters. The van der Waals surface area contributed by atoms with E-state index in [1.807, 2.05) is 6.92 Å². The summed E-state index contributed by atoms with van der Waals surface area (Å²) in [6.45, 7) is 7.02. The van der Waals surface area contributed by atoms with Gasteiger partial charge in [-0.15, -0.1) is 11.8 Å².